The molecule has 0 aromatic carbocycles. The molecule has 0 aliphatic rings. The van der Waals surface area contributed by atoms with Crippen LogP contribution in [0.15, 0.2) is 22.8 Å². The van der Waals surface area contributed by atoms with Crippen molar-refractivity contribution in [3.05, 3.63) is 34.2 Å². The molecule has 0 saturated heterocycles. The molecular weight excluding hydrogens is 222 g/mol. The Hall–Kier alpha value is -1.20. The van der Waals surface area contributed by atoms with Crippen molar-refractivity contribution in [2.24, 2.45) is 0 Å². The molecule has 2 heterocycles. The fourth-order valence-electron chi connectivity index (χ4n) is 1.38. The summed E-state index contributed by atoms with van der Waals surface area (Å²) in [6.45, 7) is 3.86. The van der Waals surface area contributed by atoms with E-state index in [2.05, 4.69) is 22.4 Å². The van der Waals surface area contributed by atoms with E-state index in [1.165, 1.54) is 0 Å². The first kappa shape index (κ1) is 11.3. The van der Waals surface area contributed by atoms with Crippen LogP contribution >= 0.6 is 11.3 Å². The SMILES string of the molecule is CCNCc1nnc(CCc2ccco2)s1. The molecule has 86 valence electrons. The van der Waals surface area contributed by atoms with Crippen LogP contribution in [0.3, 0.4) is 0 Å². The number of hydrogen-bond acceptors (Lipinski definition) is 5. The standard InChI is InChI=1S/C11H15N3OS/c1-2-12-8-11-14-13-10(16-11)6-5-9-4-3-7-15-9/h3-4,7,12H,2,5-6,8H2,1H3. The molecule has 16 heavy (non-hydrogen) atoms. The van der Waals surface area contributed by atoms with Crippen molar-refractivity contribution in [1.82, 2.24) is 15.5 Å². The Morgan fingerprint density at radius 2 is 2.19 bits per heavy atom. The summed E-state index contributed by atoms with van der Waals surface area (Å²) in [6.07, 6.45) is 3.49. The van der Waals surface area contributed by atoms with E-state index in [0.29, 0.717) is 0 Å². The number of rotatable bonds is 6. The van der Waals surface area contributed by atoms with Crippen LogP contribution in [0.25, 0.3) is 0 Å². The van der Waals surface area contributed by atoms with Crippen molar-refractivity contribution < 1.29 is 4.42 Å². The monoisotopic (exact) mass is 237 g/mol. The number of nitrogens with zero attached hydrogens (tertiary/aromatic N) is 2. The Bertz CT molecular complexity index is 411. The minimum absolute atomic E-state index is 0.814. The van der Waals surface area contributed by atoms with Gasteiger partial charge in [0.05, 0.1) is 6.26 Å². The third-order valence-electron chi connectivity index (χ3n) is 2.20. The smallest absolute Gasteiger partial charge is 0.131 e. The van der Waals surface area contributed by atoms with Crippen LogP contribution in [-0.4, -0.2) is 16.7 Å². The summed E-state index contributed by atoms with van der Waals surface area (Å²) in [5, 5.41) is 13.6. The molecule has 0 saturated carbocycles. The Morgan fingerprint density at radius 3 is 2.94 bits per heavy atom. The van der Waals surface area contributed by atoms with Gasteiger partial charge in [-0.3, -0.25) is 0 Å². The Labute approximate surface area is 98.7 Å². The maximum absolute atomic E-state index is 5.27. The lowest BCUT2D eigenvalue weighted by Crippen LogP contribution is -2.11. The first-order chi connectivity index (χ1) is 7.88. The molecule has 5 heteroatoms. The van der Waals surface area contributed by atoms with Gasteiger partial charge in [-0.1, -0.05) is 6.92 Å². The van der Waals surface area contributed by atoms with Crippen molar-refractivity contribution in [3.8, 4) is 0 Å². The maximum Gasteiger partial charge on any atom is 0.131 e. The Morgan fingerprint density at radius 1 is 1.31 bits per heavy atom. The predicted molar refractivity (Wildman–Crippen MR) is 63.4 cm³/mol. The van der Waals surface area contributed by atoms with Crippen LogP contribution < -0.4 is 5.32 Å². The zero-order valence-corrected chi connectivity index (χ0v) is 10.1. The highest BCUT2D eigenvalue weighted by Gasteiger charge is 2.04. The average Bonchev–Trinajstić information content (AvgIpc) is 2.95. The zero-order valence-electron chi connectivity index (χ0n) is 9.27. The molecule has 4 nitrogen and oxygen atoms in total. The van der Waals surface area contributed by atoms with E-state index in [0.717, 1.165) is 41.7 Å². The van der Waals surface area contributed by atoms with Crippen molar-refractivity contribution in [1.29, 1.82) is 0 Å². The van der Waals surface area contributed by atoms with Gasteiger partial charge in [0.15, 0.2) is 0 Å². The summed E-state index contributed by atoms with van der Waals surface area (Å²) in [4.78, 5) is 0. The number of furan rings is 1. The highest BCUT2D eigenvalue weighted by atomic mass is 32.1. The van der Waals surface area contributed by atoms with E-state index in [-0.39, 0.29) is 0 Å². The summed E-state index contributed by atoms with van der Waals surface area (Å²) >= 11 is 1.67. The summed E-state index contributed by atoms with van der Waals surface area (Å²) in [7, 11) is 0. The van der Waals surface area contributed by atoms with Crippen molar-refractivity contribution in [3.63, 3.8) is 0 Å². The lowest BCUT2D eigenvalue weighted by Gasteiger charge is -1.94. The molecular formula is C11H15N3OS. The van der Waals surface area contributed by atoms with E-state index in [9.17, 15) is 0 Å². The lowest BCUT2D eigenvalue weighted by molar-refractivity contribution is 0.508. The van der Waals surface area contributed by atoms with Gasteiger partial charge in [-0.25, -0.2) is 0 Å². The second-order valence-electron chi connectivity index (χ2n) is 3.45. The summed E-state index contributed by atoms with van der Waals surface area (Å²) in [5.41, 5.74) is 0. The van der Waals surface area contributed by atoms with Gasteiger partial charge in [0.1, 0.15) is 15.8 Å². The molecule has 0 amide bonds. The summed E-state index contributed by atoms with van der Waals surface area (Å²) < 4.78 is 5.27. The number of hydrogen-bond donors (Lipinski definition) is 1. The van der Waals surface area contributed by atoms with Crippen LogP contribution in [0.2, 0.25) is 0 Å². The Balaban J connectivity index is 1.83. The zero-order chi connectivity index (χ0) is 11.2. The van der Waals surface area contributed by atoms with Crippen LogP contribution in [0, 0.1) is 0 Å². The van der Waals surface area contributed by atoms with E-state index < -0.39 is 0 Å². The molecule has 2 rings (SSSR count). The van der Waals surface area contributed by atoms with Gasteiger partial charge in [-0.05, 0) is 18.7 Å². The first-order valence-corrected chi connectivity index (χ1v) is 6.24. The quantitative estimate of drug-likeness (QED) is 0.835. The van der Waals surface area contributed by atoms with Crippen molar-refractivity contribution >= 4 is 11.3 Å². The molecule has 0 radical (unpaired) electrons. The molecule has 2 aromatic heterocycles. The molecule has 0 fully saturated rings. The van der Waals surface area contributed by atoms with Crippen LogP contribution in [-0.2, 0) is 19.4 Å². The van der Waals surface area contributed by atoms with Gasteiger partial charge < -0.3 is 9.73 Å². The molecule has 0 atom stereocenters. The average molecular weight is 237 g/mol. The largest absolute Gasteiger partial charge is 0.469 e. The molecule has 0 aliphatic carbocycles. The van der Waals surface area contributed by atoms with Gasteiger partial charge in [0.2, 0.25) is 0 Å². The van der Waals surface area contributed by atoms with Crippen LogP contribution in [0.1, 0.15) is 22.7 Å². The highest BCUT2D eigenvalue weighted by Crippen LogP contribution is 2.12. The lowest BCUT2D eigenvalue weighted by atomic mass is 10.2. The van der Waals surface area contributed by atoms with Crippen molar-refractivity contribution in [2.45, 2.75) is 26.3 Å². The van der Waals surface area contributed by atoms with E-state index in [4.69, 9.17) is 4.42 Å². The molecule has 0 bridgehead atoms. The topological polar surface area (TPSA) is 51.0 Å². The summed E-state index contributed by atoms with van der Waals surface area (Å²) in [6, 6.07) is 3.90. The van der Waals surface area contributed by atoms with E-state index >= 15 is 0 Å². The Kier molecular flexibility index (Phi) is 4.07. The molecule has 0 unspecified atom stereocenters. The number of aromatic nitrogens is 2. The fraction of sp³-hybridized carbons (Fsp3) is 0.455. The molecule has 0 aliphatic heterocycles. The predicted octanol–water partition coefficient (Wildman–Crippen LogP) is 2.03. The second-order valence-corrected chi connectivity index (χ2v) is 4.60. The first-order valence-electron chi connectivity index (χ1n) is 5.43. The third-order valence-corrected chi connectivity index (χ3v) is 3.18. The van der Waals surface area contributed by atoms with Gasteiger partial charge in [-0.2, -0.15) is 0 Å². The minimum Gasteiger partial charge on any atom is -0.469 e. The number of nitrogens with one attached hydrogen (secondary N) is 1. The van der Waals surface area contributed by atoms with Crippen LogP contribution in [0.4, 0.5) is 0 Å². The fourth-order valence-corrected chi connectivity index (χ4v) is 2.19. The second kappa shape index (κ2) is 5.77. The third kappa shape index (κ3) is 3.15. The highest BCUT2D eigenvalue weighted by molar-refractivity contribution is 7.11. The normalized spacial score (nSPS) is 10.8. The molecule has 2 aromatic rings. The molecule has 0 spiro atoms. The van der Waals surface area contributed by atoms with Crippen LogP contribution in [0.5, 0.6) is 0 Å². The van der Waals surface area contributed by atoms with E-state index in [1.54, 1.807) is 17.6 Å². The number of aryl methyl sites for hydroxylation is 2. The van der Waals surface area contributed by atoms with Gasteiger partial charge in [-0.15, -0.1) is 21.5 Å². The van der Waals surface area contributed by atoms with Gasteiger partial charge in [0, 0.05) is 19.4 Å². The van der Waals surface area contributed by atoms with Gasteiger partial charge >= 0.3 is 0 Å². The van der Waals surface area contributed by atoms with Gasteiger partial charge in [0.25, 0.3) is 0 Å². The minimum atomic E-state index is 0.814. The van der Waals surface area contributed by atoms with E-state index in [1.807, 2.05) is 12.1 Å². The maximum atomic E-state index is 5.27. The van der Waals surface area contributed by atoms with Crippen molar-refractivity contribution in [2.75, 3.05) is 6.54 Å². The molecule has 1 N–H and O–H groups in total. The summed E-state index contributed by atoms with van der Waals surface area (Å²) in [5.74, 6) is 1.00.